The van der Waals surface area contributed by atoms with E-state index < -0.39 is 10.0 Å². The van der Waals surface area contributed by atoms with Crippen LogP contribution in [0.4, 0.5) is 0 Å². The van der Waals surface area contributed by atoms with E-state index in [0.717, 1.165) is 12.0 Å². The molecule has 1 aliphatic heterocycles. The van der Waals surface area contributed by atoms with Crippen molar-refractivity contribution in [3.8, 4) is 0 Å². The smallest absolute Gasteiger partial charge is 0.245 e. The minimum atomic E-state index is -3.50. The maximum absolute atomic E-state index is 12.9. The normalized spacial score (nSPS) is 24.4. The molecule has 1 heterocycles. The predicted octanol–water partition coefficient (Wildman–Crippen LogP) is 2.78. The van der Waals surface area contributed by atoms with Crippen molar-refractivity contribution >= 4 is 10.0 Å². The van der Waals surface area contributed by atoms with E-state index >= 15 is 0 Å². The third-order valence-electron chi connectivity index (χ3n) is 3.71. The van der Waals surface area contributed by atoms with Crippen molar-refractivity contribution in [1.29, 1.82) is 0 Å². The van der Waals surface area contributed by atoms with Gasteiger partial charge in [-0.25, -0.2) is 8.42 Å². The van der Waals surface area contributed by atoms with Crippen LogP contribution in [0.5, 0.6) is 0 Å². The molecule has 2 rings (SSSR count). The number of hydrogen-bond donors (Lipinski definition) is 0. The standard InChI is InChI=1S/C15H23NO3S/c1-5-13-10-19-15(11(2)3)16(13)20(17,18)14-8-6-12(4)7-9-14/h6-9,11,13,15H,5,10H2,1-4H3. The molecule has 4 nitrogen and oxygen atoms in total. The Morgan fingerprint density at radius 3 is 2.40 bits per heavy atom. The Bertz CT molecular complexity index is 551. The zero-order valence-electron chi connectivity index (χ0n) is 12.5. The molecule has 112 valence electrons. The van der Waals surface area contributed by atoms with Crippen LogP contribution in [-0.2, 0) is 14.8 Å². The van der Waals surface area contributed by atoms with Gasteiger partial charge in [0, 0.05) is 0 Å². The molecule has 0 bridgehead atoms. The number of sulfonamides is 1. The summed E-state index contributed by atoms with van der Waals surface area (Å²) in [5.41, 5.74) is 1.05. The lowest BCUT2D eigenvalue weighted by molar-refractivity contribution is 0.0309. The Labute approximate surface area is 121 Å². The molecular formula is C15H23NO3S. The molecule has 2 atom stereocenters. The topological polar surface area (TPSA) is 46.6 Å². The van der Waals surface area contributed by atoms with E-state index in [9.17, 15) is 8.42 Å². The summed E-state index contributed by atoms with van der Waals surface area (Å²) in [5.74, 6) is 0.131. The van der Waals surface area contributed by atoms with Crippen LogP contribution in [0, 0.1) is 12.8 Å². The van der Waals surface area contributed by atoms with Gasteiger partial charge in [-0.3, -0.25) is 0 Å². The van der Waals surface area contributed by atoms with Crippen molar-refractivity contribution in [3.05, 3.63) is 29.8 Å². The van der Waals surface area contributed by atoms with Crippen LogP contribution in [0.25, 0.3) is 0 Å². The summed E-state index contributed by atoms with van der Waals surface area (Å²) < 4.78 is 33.0. The van der Waals surface area contributed by atoms with Gasteiger partial charge in [-0.1, -0.05) is 38.5 Å². The van der Waals surface area contributed by atoms with Crippen molar-refractivity contribution in [1.82, 2.24) is 4.31 Å². The average Bonchev–Trinajstić information content (AvgIpc) is 2.84. The van der Waals surface area contributed by atoms with E-state index in [2.05, 4.69) is 0 Å². The number of aryl methyl sites for hydroxylation is 1. The Hall–Kier alpha value is -0.910. The van der Waals surface area contributed by atoms with Crippen molar-refractivity contribution in [2.24, 2.45) is 5.92 Å². The van der Waals surface area contributed by atoms with Crippen LogP contribution in [0.1, 0.15) is 32.8 Å². The van der Waals surface area contributed by atoms with E-state index in [1.54, 1.807) is 16.4 Å². The highest BCUT2D eigenvalue weighted by Gasteiger charge is 2.43. The molecular weight excluding hydrogens is 274 g/mol. The number of hydrogen-bond acceptors (Lipinski definition) is 3. The minimum Gasteiger partial charge on any atom is -0.360 e. The lowest BCUT2D eigenvalue weighted by Crippen LogP contribution is -2.43. The first-order valence-electron chi connectivity index (χ1n) is 7.09. The first kappa shape index (κ1) is 15.5. The van der Waals surface area contributed by atoms with Crippen molar-refractivity contribution in [3.63, 3.8) is 0 Å². The fourth-order valence-electron chi connectivity index (χ4n) is 2.51. The first-order valence-corrected chi connectivity index (χ1v) is 8.53. The van der Waals surface area contributed by atoms with E-state index in [1.165, 1.54) is 0 Å². The van der Waals surface area contributed by atoms with Crippen molar-refractivity contribution in [2.45, 2.75) is 51.3 Å². The third kappa shape index (κ3) is 2.75. The van der Waals surface area contributed by atoms with Gasteiger partial charge in [-0.15, -0.1) is 0 Å². The predicted molar refractivity (Wildman–Crippen MR) is 78.9 cm³/mol. The molecule has 1 fully saturated rings. The van der Waals surface area contributed by atoms with Crippen LogP contribution >= 0.6 is 0 Å². The van der Waals surface area contributed by atoms with Crippen LogP contribution in [-0.4, -0.2) is 31.6 Å². The molecule has 1 saturated heterocycles. The van der Waals surface area contributed by atoms with Crippen LogP contribution in [0.3, 0.4) is 0 Å². The highest BCUT2D eigenvalue weighted by atomic mass is 32.2. The molecule has 0 N–H and O–H groups in total. The molecule has 0 saturated carbocycles. The molecule has 0 radical (unpaired) electrons. The fourth-order valence-corrected chi connectivity index (χ4v) is 4.42. The molecule has 0 amide bonds. The zero-order chi connectivity index (χ0) is 14.9. The Balaban J connectivity index is 2.41. The lowest BCUT2D eigenvalue weighted by Gasteiger charge is -2.29. The maximum atomic E-state index is 12.9. The van der Waals surface area contributed by atoms with Gasteiger partial charge < -0.3 is 4.74 Å². The third-order valence-corrected chi connectivity index (χ3v) is 5.64. The largest absolute Gasteiger partial charge is 0.360 e. The number of benzene rings is 1. The maximum Gasteiger partial charge on any atom is 0.245 e. The Morgan fingerprint density at radius 2 is 1.90 bits per heavy atom. The monoisotopic (exact) mass is 297 g/mol. The molecule has 1 aliphatic rings. The van der Waals surface area contributed by atoms with E-state index in [4.69, 9.17) is 4.74 Å². The molecule has 20 heavy (non-hydrogen) atoms. The van der Waals surface area contributed by atoms with Crippen molar-refractivity contribution in [2.75, 3.05) is 6.61 Å². The van der Waals surface area contributed by atoms with Gasteiger partial charge in [0.25, 0.3) is 0 Å². The summed E-state index contributed by atoms with van der Waals surface area (Å²) in [6.07, 6.45) is 0.389. The van der Waals surface area contributed by atoms with Gasteiger partial charge in [0.1, 0.15) is 6.23 Å². The number of ether oxygens (including phenoxy) is 1. The fraction of sp³-hybridized carbons (Fsp3) is 0.600. The summed E-state index contributed by atoms with van der Waals surface area (Å²) in [6, 6.07) is 6.93. The van der Waals surface area contributed by atoms with Gasteiger partial charge >= 0.3 is 0 Å². The summed E-state index contributed by atoms with van der Waals surface area (Å²) in [7, 11) is -3.50. The molecule has 2 unspecified atom stereocenters. The molecule has 0 spiro atoms. The zero-order valence-corrected chi connectivity index (χ0v) is 13.4. The molecule has 0 aromatic heterocycles. The lowest BCUT2D eigenvalue weighted by atomic mass is 10.2. The van der Waals surface area contributed by atoms with Crippen LogP contribution < -0.4 is 0 Å². The quantitative estimate of drug-likeness (QED) is 0.858. The van der Waals surface area contributed by atoms with E-state index in [-0.39, 0.29) is 18.2 Å². The average molecular weight is 297 g/mol. The summed E-state index contributed by atoms with van der Waals surface area (Å²) in [5, 5.41) is 0. The Morgan fingerprint density at radius 1 is 1.30 bits per heavy atom. The first-order chi connectivity index (χ1) is 9.37. The number of nitrogens with zero attached hydrogens (tertiary/aromatic N) is 1. The minimum absolute atomic E-state index is 0.0753. The van der Waals surface area contributed by atoms with Gasteiger partial charge in [-0.05, 0) is 31.4 Å². The summed E-state index contributed by atoms with van der Waals surface area (Å²) >= 11 is 0. The molecule has 1 aromatic rings. The second-order valence-electron chi connectivity index (χ2n) is 5.68. The van der Waals surface area contributed by atoms with E-state index in [0.29, 0.717) is 11.5 Å². The summed E-state index contributed by atoms with van der Waals surface area (Å²) in [4.78, 5) is 0.345. The van der Waals surface area contributed by atoms with Crippen LogP contribution in [0.2, 0.25) is 0 Å². The SMILES string of the molecule is CCC1COC(C(C)C)N1S(=O)(=O)c1ccc(C)cc1. The molecule has 1 aromatic carbocycles. The Kier molecular flexibility index (Phi) is 4.52. The van der Waals surface area contributed by atoms with Gasteiger partial charge in [-0.2, -0.15) is 4.31 Å². The second kappa shape index (κ2) is 5.84. The van der Waals surface area contributed by atoms with Gasteiger partial charge in [0.15, 0.2) is 0 Å². The highest BCUT2D eigenvalue weighted by molar-refractivity contribution is 7.89. The molecule has 5 heteroatoms. The number of rotatable bonds is 4. The van der Waals surface area contributed by atoms with Crippen molar-refractivity contribution < 1.29 is 13.2 Å². The van der Waals surface area contributed by atoms with Gasteiger partial charge in [0.05, 0.1) is 17.5 Å². The van der Waals surface area contributed by atoms with Crippen LogP contribution in [0.15, 0.2) is 29.2 Å². The van der Waals surface area contributed by atoms with Gasteiger partial charge in [0.2, 0.25) is 10.0 Å². The summed E-state index contributed by atoms with van der Waals surface area (Å²) in [6.45, 7) is 8.39. The second-order valence-corrected chi connectivity index (χ2v) is 7.52. The highest BCUT2D eigenvalue weighted by Crippen LogP contribution is 2.31. The molecule has 0 aliphatic carbocycles. The van der Waals surface area contributed by atoms with E-state index in [1.807, 2.05) is 39.8 Å².